The first-order valence-corrected chi connectivity index (χ1v) is 13.6. The largest absolute Gasteiger partial charge is 0.454 e. The summed E-state index contributed by atoms with van der Waals surface area (Å²) in [6, 6.07) is 21.2. The van der Waals surface area contributed by atoms with Crippen LogP contribution < -0.4 is 5.19 Å². The molecule has 3 aromatic rings. The Labute approximate surface area is 192 Å². The highest BCUT2D eigenvalue weighted by atomic mass is 35.5. The summed E-state index contributed by atoms with van der Waals surface area (Å²) in [7, 11) is -2.18. The van der Waals surface area contributed by atoms with E-state index in [1.165, 1.54) is 23.4 Å². The van der Waals surface area contributed by atoms with Crippen LogP contribution in [0.15, 0.2) is 78.9 Å². The van der Waals surface area contributed by atoms with Gasteiger partial charge >= 0.3 is 12.1 Å². The van der Waals surface area contributed by atoms with Crippen molar-refractivity contribution < 1.29 is 22.7 Å². The van der Waals surface area contributed by atoms with Gasteiger partial charge in [-0.05, 0) is 41.4 Å². The van der Waals surface area contributed by atoms with Crippen LogP contribution in [0, 0.1) is 0 Å². The molecule has 0 amide bonds. The number of halogens is 4. The lowest BCUT2D eigenvalue weighted by Crippen LogP contribution is -2.47. The number of hydrogen-bond acceptors (Lipinski definition) is 2. The lowest BCUT2D eigenvalue weighted by Gasteiger charge is -2.36. The molecule has 2 nitrogen and oxygen atoms in total. The highest BCUT2D eigenvalue weighted by Crippen LogP contribution is 2.39. The van der Waals surface area contributed by atoms with Gasteiger partial charge in [-0.15, -0.1) is 0 Å². The molecule has 3 aromatic carbocycles. The molecule has 0 aliphatic heterocycles. The normalized spacial score (nSPS) is 14.0. The Kier molecular flexibility index (Phi) is 7.15. The van der Waals surface area contributed by atoms with Crippen molar-refractivity contribution in [3.63, 3.8) is 0 Å². The molecule has 7 heteroatoms. The predicted octanol–water partition coefficient (Wildman–Crippen LogP) is 7.26. The average molecular weight is 477 g/mol. The highest BCUT2D eigenvalue weighted by Gasteiger charge is 2.39. The number of carbonyl (C=O) groups is 1. The van der Waals surface area contributed by atoms with Crippen LogP contribution in [-0.4, -0.2) is 14.0 Å². The third-order valence-electron chi connectivity index (χ3n) is 5.97. The third-order valence-corrected chi connectivity index (χ3v) is 10.6. The summed E-state index contributed by atoms with van der Waals surface area (Å²) >= 11 is 6.01. The number of hydrogen-bond donors (Lipinski definition) is 0. The molecule has 0 spiro atoms. The van der Waals surface area contributed by atoms with Crippen LogP contribution in [0.3, 0.4) is 0 Å². The van der Waals surface area contributed by atoms with E-state index in [1.54, 1.807) is 18.2 Å². The molecule has 2 atom stereocenters. The molecule has 0 fully saturated rings. The fourth-order valence-electron chi connectivity index (χ4n) is 3.63. The third kappa shape index (κ3) is 5.42. The Hall–Kier alpha value is -2.57. The van der Waals surface area contributed by atoms with E-state index in [0.29, 0.717) is 16.1 Å². The van der Waals surface area contributed by atoms with E-state index in [4.69, 9.17) is 16.3 Å². The topological polar surface area (TPSA) is 26.3 Å². The van der Waals surface area contributed by atoms with Crippen LogP contribution in [-0.2, 0) is 10.9 Å². The molecule has 168 valence electrons. The van der Waals surface area contributed by atoms with Crippen LogP contribution in [0.5, 0.6) is 0 Å². The minimum Gasteiger partial charge on any atom is -0.454 e. The Balaban J connectivity index is 1.99. The van der Waals surface area contributed by atoms with E-state index >= 15 is 0 Å². The first-order chi connectivity index (χ1) is 15.0. The van der Waals surface area contributed by atoms with Gasteiger partial charge in [-0.25, -0.2) is 4.79 Å². The van der Waals surface area contributed by atoms with Gasteiger partial charge in [-0.2, -0.15) is 13.2 Å². The number of esters is 1. The van der Waals surface area contributed by atoms with Crippen LogP contribution in [0.1, 0.15) is 34.5 Å². The van der Waals surface area contributed by atoms with Gasteiger partial charge in [0.2, 0.25) is 0 Å². The molecule has 0 aliphatic rings. The molecule has 0 saturated heterocycles. The molecule has 0 radical (unpaired) electrons. The molecule has 0 aliphatic carbocycles. The molecule has 0 N–H and O–H groups in total. The van der Waals surface area contributed by atoms with Gasteiger partial charge in [0.05, 0.1) is 19.2 Å². The first kappa shape index (κ1) is 24.1. The molecule has 1 unspecified atom stereocenters. The van der Waals surface area contributed by atoms with Crippen molar-refractivity contribution in [2.75, 3.05) is 0 Å². The van der Waals surface area contributed by atoms with Gasteiger partial charge in [-0.3, -0.25) is 0 Å². The number of carbonyl (C=O) groups excluding carboxylic acids is 1. The fraction of sp³-hybridized carbons (Fsp3) is 0.240. The maximum Gasteiger partial charge on any atom is 0.416 e. The van der Waals surface area contributed by atoms with Gasteiger partial charge < -0.3 is 4.74 Å². The summed E-state index contributed by atoms with van der Waals surface area (Å²) in [6.45, 7) is 6.32. The van der Waals surface area contributed by atoms with Crippen LogP contribution in [0.4, 0.5) is 13.2 Å². The van der Waals surface area contributed by atoms with Gasteiger partial charge in [-0.1, -0.05) is 85.3 Å². The lowest BCUT2D eigenvalue weighted by atomic mass is 10.0. The zero-order valence-corrected chi connectivity index (χ0v) is 19.7. The van der Waals surface area contributed by atoms with Crippen molar-refractivity contribution in [1.29, 1.82) is 0 Å². The molecule has 0 heterocycles. The Morgan fingerprint density at radius 3 is 2.12 bits per heavy atom. The van der Waals surface area contributed by atoms with Gasteiger partial charge in [0, 0.05) is 5.02 Å². The number of ether oxygens (including phenoxy) is 1. The Morgan fingerprint density at radius 2 is 1.56 bits per heavy atom. The summed E-state index contributed by atoms with van der Waals surface area (Å²) in [6.07, 6.45) is -5.15. The maximum atomic E-state index is 13.1. The fourth-order valence-corrected chi connectivity index (χ4v) is 6.41. The SMILES string of the molecule is C[C@@H](C(OC(=O)c1cccc(Cl)c1)c1ccc(C(F)(F)F)cc1)[Si](C)(C)c1ccccc1. The molecule has 32 heavy (non-hydrogen) atoms. The lowest BCUT2D eigenvalue weighted by molar-refractivity contribution is -0.137. The standard InChI is InChI=1S/C25H24ClF3O2Si/c1-17(32(2,3)22-10-5-4-6-11-22)23(18-12-14-20(15-13-18)25(27,28)29)31-24(30)19-8-7-9-21(26)16-19/h4-17,23H,1-3H3/t17-,23?/m0/s1. The first-order valence-electron chi connectivity index (χ1n) is 10.2. The highest BCUT2D eigenvalue weighted by molar-refractivity contribution is 6.91. The molecule has 0 saturated carbocycles. The second kappa shape index (κ2) is 9.51. The summed E-state index contributed by atoms with van der Waals surface area (Å²) in [5.74, 6) is -0.567. The molecule has 3 rings (SSSR count). The summed E-state index contributed by atoms with van der Waals surface area (Å²) in [5.41, 5.74) is -0.0451. The van der Waals surface area contributed by atoms with Gasteiger partial charge in [0.1, 0.15) is 6.10 Å². The zero-order valence-electron chi connectivity index (χ0n) is 18.0. The summed E-state index contributed by atoms with van der Waals surface area (Å²) in [4.78, 5) is 12.9. The average Bonchev–Trinajstić information content (AvgIpc) is 2.77. The Morgan fingerprint density at radius 1 is 0.938 bits per heavy atom. The summed E-state index contributed by atoms with van der Waals surface area (Å²) in [5, 5.41) is 1.57. The zero-order chi connectivity index (χ0) is 23.5. The predicted molar refractivity (Wildman–Crippen MR) is 124 cm³/mol. The van der Waals surface area contributed by atoms with Crippen molar-refractivity contribution in [2.45, 2.75) is 37.8 Å². The van der Waals surface area contributed by atoms with E-state index in [2.05, 4.69) is 13.1 Å². The minimum atomic E-state index is -4.44. The van der Waals surface area contributed by atoms with Gasteiger partial charge in [0.25, 0.3) is 0 Å². The van der Waals surface area contributed by atoms with E-state index < -0.39 is 31.9 Å². The number of alkyl halides is 3. The summed E-state index contributed by atoms with van der Waals surface area (Å²) < 4.78 is 45.1. The molecular weight excluding hydrogens is 453 g/mol. The van der Waals surface area contributed by atoms with E-state index in [0.717, 1.165) is 12.1 Å². The van der Waals surface area contributed by atoms with Gasteiger partial charge in [0.15, 0.2) is 0 Å². The van der Waals surface area contributed by atoms with Crippen molar-refractivity contribution in [3.8, 4) is 0 Å². The van der Waals surface area contributed by atoms with E-state index in [-0.39, 0.29) is 5.54 Å². The number of rotatable bonds is 6. The Bertz CT molecular complexity index is 1070. The van der Waals surface area contributed by atoms with E-state index in [9.17, 15) is 18.0 Å². The molecule has 0 aromatic heterocycles. The minimum absolute atomic E-state index is 0.121. The van der Waals surface area contributed by atoms with Crippen molar-refractivity contribution in [3.05, 3.63) is 101 Å². The molecular formula is C25H24ClF3O2Si. The van der Waals surface area contributed by atoms with Crippen molar-refractivity contribution in [1.82, 2.24) is 0 Å². The molecule has 0 bridgehead atoms. The van der Waals surface area contributed by atoms with Crippen molar-refractivity contribution >= 4 is 30.8 Å². The van der Waals surface area contributed by atoms with Crippen LogP contribution in [0.25, 0.3) is 0 Å². The van der Waals surface area contributed by atoms with Crippen molar-refractivity contribution in [2.24, 2.45) is 0 Å². The van der Waals surface area contributed by atoms with E-state index in [1.807, 2.05) is 37.3 Å². The monoisotopic (exact) mass is 476 g/mol. The maximum absolute atomic E-state index is 13.1. The number of benzene rings is 3. The quantitative estimate of drug-likeness (QED) is 0.276. The second-order valence-corrected chi connectivity index (χ2v) is 13.7. The second-order valence-electron chi connectivity index (χ2n) is 8.33. The van der Waals surface area contributed by atoms with Crippen LogP contribution in [0.2, 0.25) is 23.7 Å². The smallest absolute Gasteiger partial charge is 0.416 e. The van der Waals surface area contributed by atoms with Crippen LogP contribution >= 0.6 is 11.6 Å².